The average molecular weight is 394 g/mol. The van der Waals surface area contributed by atoms with Crippen LogP contribution in [0.4, 0.5) is 0 Å². The highest BCUT2D eigenvalue weighted by atomic mass is 32.2. The van der Waals surface area contributed by atoms with Crippen molar-refractivity contribution in [3.63, 3.8) is 0 Å². The van der Waals surface area contributed by atoms with Gasteiger partial charge < -0.3 is 9.64 Å². The Hall–Kier alpha value is -1.93. The van der Waals surface area contributed by atoms with Crippen LogP contribution in [0.15, 0.2) is 29.2 Å². The van der Waals surface area contributed by atoms with Gasteiger partial charge in [-0.05, 0) is 44.2 Å². The molecule has 2 heterocycles. The van der Waals surface area contributed by atoms with E-state index in [1.54, 1.807) is 12.1 Å². The van der Waals surface area contributed by atoms with Crippen molar-refractivity contribution < 1.29 is 22.7 Å². The maximum atomic E-state index is 13.0. The van der Waals surface area contributed by atoms with Crippen LogP contribution >= 0.6 is 0 Å². The highest BCUT2D eigenvalue weighted by Crippen LogP contribution is 2.27. The molecule has 3 rings (SSSR count). The third kappa shape index (κ3) is 4.16. The molecule has 2 saturated heterocycles. The summed E-state index contributed by atoms with van der Waals surface area (Å²) in [6, 6.07) is 6.07. The van der Waals surface area contributed by atoms with Gasteiger partial charge in [0.25, 0.3) is 0 Å². The third-order valence-electron chi connectivity index (χ3n) is 5.38. The number of carbonyl (C=O) groups excluding carboxylic acids is 2. The zero-order chi connectivity index (χ0) is 19.4. The van der Waals surface area contributed by atoms with Crippen LogP contribution in [0.25, 0.3) is 0 Å². The number of ether oxygens (including phenoxy) is 1. The molecular formula is C19H26N2O5S. The van der Waals surface area contributed by atoms with E-state index in [2.05, 4.69) is 0 Å². The lowest BCUT2D eigenvalue weighted by atomic mass is 9.95. The van der Waals surface area contributed by atoms with E-state index >= 15 is 0 Å². The summed E-state index contributed by atoms with van der Waals surface area (Å²) in [5.74, 6) is -0.642. The second-order valence-corrected chi connectivity index (χ2v) is 8.96. The zero-order valence-corrected chi connectivity index (χ0v) is 16.4. The summed E-state index contributed by atoms with van der Waals surface area (Å²) in [6.45, 7) is 2.18. The molecular weight excluding hydrogens is 368 g/mol. The number of hydrogen-bond donors (Lipinski definition) is 0. The lowest BCUT2D eigenvalue weighted by Crippen LogP contribution is -2.45. The summed E-state index contributed by atoms with van der Waals surface area (Å²) in [7, 11) is -2.59. The minimum absolute atomic E-state index is 0.0338. The third-order valence-corrected chi connectivity index (χ3v) is 7.34. The molecule has 0 aliphatic carbocycles. The first-order valence-electron chi connectivity index (χ1n) is 9.41. The number of esters is 1. The lowest BCUT2D eigenvalue weighted by Gasteiger charge is -2.35. The number of sulfonamides is 1. The molecule has 8 heteroatoms. The Kier molecular flexibility index (Phi) is 6.16. The smallest absolute Gasteiger partial charge is 0.339 e. The quantitative estimate of drug-likeness (QED) is 0.728. The maximum Gasteiger partial charge on any atom is 0.339 e. The van der Waals surface area contributed by atoms with Gasteiger partial charge >= 0.3 is 5.97 Å². The molecule has 1 aromatic rings. The number of methoxy groups -OCH3 is 1. The SMILES string of the molecule is COC(=O)c1ccccc1S(=O)(=O)N1CCC(C(=O)N2CCCCC2)CC1. The fraction of sp³-hybridized carbons (Fsp3) is 0.579. The Bertz CT molecular complexity index is 794. The Morgan fingerprint density at radius 2 is 1.63 bits per heavy atom. The number of carbonyl (C=O) groups is 2. The Morgan fingerprint density at radius 3 is 2.26 bits per heavy atom. The summed E-state index contributed by atoms with van der Waals surface area (Å²) >= 11 is 0. The van der Waals surface area contributed by atoms with Gasteiger partial charge in [0.2, 0.25) is 15.9 Å². The van der Waals surface area contributed by atoms with Crippen LogP contribution in [-0.4, -0.2) is 62.8 Å². The second-order valence-electron chi connectivity index (χ2n) is 7.05. The van der Waals surface area contributed by atoms with Gasteiger partial charge in [0.15, 0.2) is 0 Å². The molecule has 0 N–H and O–H groups in total. The molecule has 2 fully saturated rings. The molecule has 0 bridgehead atoms. The molecule has 0 aromatic heterocycles. The summed E-state index contributed by atoms with van der Waals surface area (Å²) < 4.78 is 32.1. The normalized spacial score (nSPS) is 19.7. The van der Waals surface area contributed by atoms with Crippen molar-refractivity contribution in [3.8, 4) is 0 Å². The van der Waals surface area contributed by atoms with Crippen LogP contribution in [0.5, 0.6) is 0 Å². The van der Waals surface area contributed by atoms with Gasteiger partial charge in [-0.3, -0.25) is 4.79 Å². The molecule has 2 aliphatic rings. The van der Waals surface area contributed by atoms with Crippen molar-refractivity contribution in [1.82, 2.24) is 9.21 Å². The van der Waals surface area contributed by atoms with E-state index in [-0.39, 0.29) is 35.4 Å². The molecule has 0 radical (unpaired) electrons. The molecule has 2 aliphatic heterocycles. The lowest BCUT2D eigenvalue weighted by molar-refractivity contribution is -0.137. The van der Waals surface area contributed by atoms with E-state index in [1.807, 2.05) is 4.90 Å². The monoisotopic (exact) mass is 394 g/mol. The van der Waals surface area contributed by atoms with Crippen LogP contribution in [0.1, 0.15) is 42.5 Å². The van der Waals surface area contributed by atoms with E-state index < -0.39 is 16.0 Å². The minimum atomic E-state index is -3.81. The van der Waals surface area contributed by atoms with Gasteiger partial charge in [-0.15, -0.1) is 0 Å². The molecule has 0 spiro atoms. The van der Waals surface area contributed by atoms with Gasteiger partial charge in [0, 0.05) is 32.1 Å². The fourth-order valence-electron chi connectivity index (χ4n) is 3.82. The van der Waals surface area contributed by atoms with Crippen molar-refractivity contribution in [3.05, 3.63) is 29.8 Å². The van der Waals surface area contributed by atoms with Crippen molar-refractivity contribution >= 4 is 21.9 Å². The number of likely N-dealkylation sites (tertiary alicyclic amines) is 1. The van der Waals surface area contributed by atoms with Gasteiger partial charge in [0.05, 0.1) is 17.6 Å². The van der Waals surface area contributed by atoms with Gasteiger partial charge in [-0.2, -0.15) is 4.31 Å². The number of benzene rings is 1. The van der Waals surface area contributed by atoms with E-state index in [0.717, 1.165) is 25.9 Å². The molecule has 148 valence electrons. The van der Waals surface area contributed by atoms with E-state index in [9.17, 15) is 18.0 Å². The van der Waals surface area contributed by atoms with Gasteiger partial charge in [-0.1, -0.05) is 12.1 Å². The summed E-state index contributed by atoms with van der Waals surface area (Å²) in [5.41, 5.74) is 0.0338. The van der Waals surface area contributed by atoms with Crippen LogP contribution in [0.2, 0.25) is 0 Å². The number of amides is 1. The topological polar surface area (TPSA) is 84.0 Å². The summed E-state index contributed by atoms with van der Waals surface area (Å²) in [4.78, 5) is 26.5. The number of piperidine rings is 2. The van der Waals surface area contributed by atoms with E-state index in [4.69, 9.17) is 4.74 Å². The van der Waals surface area contributed by atoms with Crippen molar-refractivity contribution in [2.75, 3.05) is 33.3 Å². The summed E-state index contributed by atoms with van der Waals surface area (Å²) in [6.07, 6.45) is 4.27. The van der Waals surface area contributed by atoms with Crippen LogP contribution in [0, 0.1) is 5.92 Å². The molecule has 0 atom stereocenters. The predicted octanol–water partition coefficient (Wildman–Crippen LogP) is 1.89. The largest absolute Gasteiger partial charge is 0.465 e. The van der Waals surface area contributed by atoms with Gasteiger partial charge in [-0.25, -0.2) is 13.2 Å². The molecule has 0 saturated carbocycles. The van der Waals surface area contributed by atoms with Crippen LogP contribution < -0.4 is 0 Å². The second kappa shape index (κ2) is 8.39. The van der Waals surface area contributed by atoms with E-state index in [1.165, 1.54) is 30.0 Å². The standard InChI is InChI=1S/C19H26N2O5S/c1-26-19(23)16-7-3-4-8-17(16)27(24,25)21-13-9-15(10-14-21)18(22)20-11-5-2-6-12-20/h3-4,7-8,15H,2,5-6,9-14H2,1H3. The van der Waals surface area contributed by atoms with E-state index in [0.29, 0.717) is 12.8 Å². The first-order valence-corrected chi connectivity index (χ1v) is 10.9. The van der Waals surface area contributed by atoms with Crippen molar-refractivity contribution in [2.45, 2.75) is 37.0 Å². The highest BCUT2D eigenvalue weighted by Gasteiger charge is 2.35. The fourth-order valence-corrected chi connectivity index (χ4v) is 5.47. The first-order chi connectivity index (χ1) is 12.9. The zero-order valence-electron chi connectivity index (χ0n) is 15.6. The summed E-state index contributed by atoms with van der Waals surface area (Å²) in [5, 5.41) is 0. The molecule has 1 amide bonds. The van der Waals surface area contributed by atoms with Crippen LogP contribution in [-0.2, 0) is 19.6 Å². The Morgan fingerprint density at radius 1 is 1.00 bits per heavy atom. The highest BCUT2D eigenvalue weighted by molar-refractivity contribution is 7.89. The van der Waals surface area contributed by atoms with Gasteiger partial charge in [0.1, 0.15) is 0 Å². The molecule has 7 nitrogen and oxygen atoms in total. The van der Waals surface area contributed by atoms with Crippen molar-refractivity contribution in [1.29, 1.82) is 0 Å². The molecule has 0 unspecified atom stereocenters. The van der Waals surface area contributed by atoms with Crippen LogP contribution in [0.3, 0.4) is 0 Å². The minimum Gasteiger partial charge on any atom is -0.465 e. The Balaban J connectivity index is 1.70. The molecule has 1 aromatic carbocycles. The molecule has 27 heavy (non-hydrogen) atoms. The number of hydrogen-bond acceptors (Lipinski definition) is 5. The maximum absolute atomic E-state index is 13.0. The van der Waals surface area contributed by atoms with Crippen molar-refractivity contribution in [2.24, 2.45) is 5.92 Å². The number of rotatable bonds is 4. The average Bonchev–Trinajstić information content (AvgIpc) is 2.73. The number of nitrogens with zero attached hydrogens (tertiary/aromatic N) is 2. The first kappa shape index (κ1) is 19.8. The predicted molar refractivity (Wildman–Crippen MR) is 99.7 cm³/mol. The Labute approximate surface area is 160 Å².